The van der Waals surface area contributed by atoms with Crippen LogP contribution in [0.4, 0.5) is 0 Å². The maximum atomic E-state index is 11.6. The van der Waals surface area contributed by atoms with E-state index in [0.29, 0.717) is 19.3 Å². The lowest BCUT2D eigenvalue weighted by molar-refractivity contribution is 0.147. The zero-order valence-electron chi connectivity index (χ0n) is 19.4. The van der Waals surface area contributed by atoms with E-state index in [9.17, 15) is 18.1 Å². The third-order valence-electron chi connectivity index (χ3n) is 6.01. The monoisotopic (exact) mass is 434 g/mol. The van der Waals surface area contributed by atoms with Gasteiger partial charge in [0.15, 0.2) is 0 Å². The molecule has 5 heteroatoms. The molecule has 0 fully saturated rings. The summed E-state index contributed by atoms with van der Waals surface area (Å²) >= 11 is 0. The molecule has 29 heavy (non-hydrogen) atoms. The van der Waals surface area contributed by atoms with Gasteiger partial charge >= 0.3 is 0 Å². The Kier molecular flexibility index (Phi) is 19.7. The van der Waals surface area contributed by atoms with Gasteiger partial charge in [-0.15, -0.1) is 0 Å². The Labute approximate surface area is 182 Å². The van der Waals surface area contributed by atoms with E-state index in [1.165, 1.54) is 70.6 Å². The standard InChI is InChI=1S/C24H50O4S/c1-3-5-7-9-10-11-12-13-14-15-16-18-20-24(29(26,27)28)22-21-23(25)19-17-8-6-4-2/h23-25H,3-22H2,1-2H3,(H,26,27,28). The predicted molar refractivity (Wildman–Crippen MR) is 125 cm³/mol. The van der Waals surface area contributed by atoms with Gasteiger partial charge in [0.25, 0.3) is 10.1 Å². The van der Waals surface area contributed by atoms with Crippen molar-refractivity contribution >= 4 is 10.1 Å². The number of aliphatic hydroxyl groups excluding tert-OH is 1. The van der Waals surface area contributed by atoms with Crippen LogP contribution in [0, 0.1) is 0 Å². The summed E-state index contributed by atoms with van der Waals surface area (Å²) in [6.07, 6.45) is 21.0. The zero-order chi connectivity index (χ0) is 21.8. The highest BCUT2D eigenvalue weighted by Gasteiger charge is 2.23. The van der Waals surface area contributed by atoms with E-state index in [1.807, 2.05) is 0 Å². The van der Waals surface area contributed by atoms with Crippen LogP contribution in [0.25, 0.3) is 0 Å². The van der Waals surface area contributed by atoms with Crippen LogP contribution in [0.5, 0.6) is 0 Å². The second kappa shape index (κ2) is 19.8. The Hall–Kier alpha value is -0.130. The molecule has 176 valence electrons. The molecule has 0 spiro atoms. The van der Waals surface area contributed by atoms with E-state index < -0.39 is 21.5 Å². The van der Waals surface area contributed by atoms with Crippen molar-refractivity contribution in [3.05, 3.63) is 0 Å². The summed E-state index contributed by atoms with van der Waals surface area (Å²) in [6.45, 7) is 4.40. The van der Waals surface area contributed by atoms with Crippen molar-refractivity contribution in [2.75, 3.05) is 0 Å². The summed E-state index contributed by atoms with van der Waals surface area (Å²) in [7, 11) is -4.02. The summed E-state index contributed by atoms with van der Waals surface area (Å²) in [6, 6.07) is 0. The lowest BCUT2D eigenvalue weighted by Crippen LogP contribution is -2.22. The summed E-state index contributed by atoms with van der Waals surface area (Å²) in [5.41, 5.74) is 0. The van der Waals surface area contributed by atoms with E-state index in [0.717, 1.165) is 38.5 Å². The third kappa shape index (κ3) is 19.6. The van der Waals surface area contributed by atoms with Crippen LogP contribution in [0.2, 0.25) is 0 Å². The van der Waals surface area contributed by atoms with E-state index in [2.05, 4.69) is 13.8 Å². The lowest BCUT2D eigenvalue weighted by Gasteiger charge is -2.16. The zero-order valence-corrected chi connectivity index (χ0v) is 20.2. The van der Waals surface area contributed by atoms with Gasteiger partial charge in [-0.25, -0.2) is 0 Å². The Bertz CT molecular complexity index is 436. The molecule has 0 aromatic rings. The number of hydrogen-bond acceptors (Lipinski definition) is 3. The summed E-state index contributed by atoms with van der Waals surface area (Å²) < 4.78 is 32.8. The molecule has 2 atom stereocenters. The quantitative estimate of drug-likeness (QED) is 0.137. The Morgan fingerprint density at radius 3 is 1.38 bits per heavy atom. The predicted octanol–water partition coefficient (Wildman–Crippen LogP) is 7.45. The van der Waals surface area contributed by atoms with Crippen molar-refractivity contribution in [2.24, 2.45) is 0 Å². The molecule has 0 rings (SSSR count). The minimum absolute atomic E-state index is 0.367. The van der Waals surface area contributed by atoms with Crippen molar-refractivity contribution in [1.82, 2.24) is 0 Å². The summed E-state index contributed by atoms with van der Waals surface area (Å²) in [5.74, 6) is 0. The van der Waals surface area contributed by atoms with Crippen LogP contribution in [0.3, 0.4) is 0 Å². The van der Waals surface area contributed by atoms with Gasteiger partial charge in [0.1, 0.15) is 0 Å². The average Bonchev–Trinajstić information content (AvgIpc) is 2.67. The van der Waals surface area contributed by atoms with E-state index in [1.54, 1.807) is 0 Å². The van der Waals surface area contributed by atoms with Crippen molar-refractivity contribution in [2.45, 2.75) is 154 Å². The summed E-state index contributed by atoms with van der Waals surface area (Å²) in [4.78, 5) is 0. The SMILES string of the molecule is CCCCCCCCCCCCCCC(CCC(O)CCCCCC)S(=O)(=O)O. The average molecular weight is 435 g/mol. The molecule has 0 bridgehead atoms. The molecular weight excluding hydrogens is 384 g/mol. The Morgan fingerprint density at radius 2 is 0.931 bits per heavy atom. The van der Waals surface area contributed by atoms with E-state index in [4.69, 9.17) is 0 Å². The second-order valence-electron chi connectivity index (χ2n) is 8.90. The van der Waals surface area contributed by atoms with E-state index >= 15 is 0 Å². The maximum Gasteiger partial charge on any atom is 0.267 e. The third-order valence-corrected chi connectivity index (χ3v) is 7.33. The molecule has 4 nitrogen and oxygen atoms in total. The number of unbranched alkanes of at least 4 members (excludes halogenated alkanes) is 14. The van der Waals surface area contributed by atoms with Crippen LogP contribution in [-0.4, -0.2) is 29.4 Å². The van der Waals surface area contributed by atoms with Crippen LogP contribution < -0.4 is 0 Å². The van der Waals surface area contributed by atoms with Gasteiger partial charge < -0.3 is 5.11 Å². The molecule has 0 heterocycles. The summed E-state index contributed by atoms with van der Waals surface area (Å²) in [5, 5.41) is 9.35. The van der Waals surface area contributed by atoms with Crippen LogP contribution in [-0.2, 0) is 10.1 Å². The highest BCUT2D eigenvalue weighted by molar-refractivity contribution is 7.86. The fourth-order valence-electron chi connectivity index (χ4n) is 3.98. The minimum Gasteiger partial charge on any atom is -0.393 e. The molecule has 0 aliphatic rings. The minimum atomic E-state index is -4.02. The molecule has 2 N–H and O–H groups in total. The van der Waals surface area contributed by atoms with Gasteiger partial charge in [-0.1, -0.05) is 117 Å². The lowest BCUT2D eigenvalue weighted by atomic mass is 10.0. The van der Waals surface area contributed by atoms with Gasteiger partial charge in [-0.05, 0) is 25.7 Å². The molecule has 0 aliphatic carbocycles. The molecule has 2 unspecified atom stereocenters. The smallest absolute Gasteiger partial charge is 0.267 e. The van der Waals surface area contributed by atoms with E-state index in [-0.39, 0.29) is 0 Å². The molecule has 0 saturated carbocycles. The largest absolute Gasteiger partial charge is 0.393 e. The van der Waals surface area contributed by atoms with Crippen LogP contribution in [0.15, 0.2) is 0 Å². The van der Waals surface area contributed by atoms with Crippen LogP contribution >= 0.6 is 0 Å². The number of rotatable bonds is 22. The maximum absolute atomic E-state index is 11.6. The first-order valence-corrected chi connectivity index (χ1v) is 14.1. The van der Waals surface area contributed by atoms with Gasteiger partial charge in [0, 0.05) is 0 Å². The first kappa shape index (κ1) is 28.9. The Morgan fingerprint density at radius 1 is 0.552 bits per heavy atom. The van der Waals surface area contributed by atoms with Gasteiger partial charge in [-0.2, -0.15) is 8.42 Å². The Balaban J connectivity index is 3.75. The molecule has 0 aromatic heterocycles. The molecule has 0 saturated heterocycles. The van der Waals surface area contributed by atoms with Gasteiger partial charge in [-0.3, -0.25) is 4.55 Å². The van der Waals surface area contributed by atoms with Gasteiger partial charge in [0.2, 0.25) is 0 Å². The number of aliphatic hydroxyl groups is 1. The highest BCUT2D eigenvalue weighted by atomic mass is 32.2. The topological polar surface area (TPSA) is 74.6 Å². The van der Waals surface area contributed by atoms with Crippen molar-refractivity contribution in [3.8, 4) is 0 Å². The fraction of sp³-hybridized carbons (Fsp3) is 1.00. The van der Waals surface area contributed by atoms with Gasteiger partial charge in [0.05, 0.1) is 11.4 Å². The van der Waals surface area contributed by atoms with Crippen LogP contribution in [0.1, 0.15) is 142 Å². The molecule has 0 aromatic carbocycles. The normalized spacial score (nSPS) is 14.2. The molecular formula is C24H50O4S. The first-order valence-electron chi connectivity index (χ1n) is 12.6. The van der Waals surface area contributed by atoms with Crippen molar-refractivity contribution in [3.63, 3.8) is 0 Å². The highest BCUT2D eigenvalue weighted by Crippen LogP contribution is 2.20. The molecule has 0 aliphatic heterocycles. The molecule has 0 amide bonds. The van der Waals surface area contributed by atoms with Crippen molar-refractivity contribution < 1.29 is 18.1 Å². The first-order chi connectivity index (χ1) is 13.9. The molecule has 0 radical (unpaired) electrons. The second-order valence-corrected chi connectivity index (χ2v) is 10.6. The fourth-order valence-corrected chi connectivity index (χ4v) is 4.88. The van der Waals surface area contributed by atoms with Crippen molar-refractivity contribution in [1.29, 1.82) is 0 Å². The number of hydrogen-bond donors (Lipinski definition) is 2.